The summed E-state index contributed by atoms with van der Waals surface area (Å²) in [6.45, 7) is 7.70. The van der Waals surface area contributed by atoms with E-state index in [0.29, 0.717) is 5.92 Å². The van der Waals surface area contributed by atoms with E-state index >= 15 is 0 Å². The molecule has 0 aliphatic rings. The van der Waals surface area contributed by atoms with Gasteiger partial charge < -0.3 is 16.2 Å². The largest absolute Gasteiger partial charge is 0.394 e. The number of aliphatic hydroxyl groups is 1. The van der Waals surface area contributed by atoms with E-state index in [-0.39, 0.29) is 30.5 Å². The molecule has 4 heteroatoms. The summed E-state index contributed by atoms with van der Waals surface area (Å²) in [4.78, 5) is 11.6. The maximum atomic E-state index is 11.6. The van der Waals surface area contributed by atoms with E-state index in [2.05, 4.69) is 19.2 Å². The Morgan fingerprint density at radius 2 is 1.87 bits per heavy atom. The fourth-order valence-electron chi connectivity index (χ4n) is 1.32. The minimum atomic E-state index is -0.216. The van der Waals surface area contributed by atoms with Crippen LogP contribution in [0.5, 0.6) is 0 Å². The van der Waals surface area contributed by atoms with E-state index in [0.717, 1.165) is 6.42 Å². The molecule has 4 N–H and O–H groups in total. The van der Waals surface area contributed by atoms with Gasteiger partial charge in [-0.25, -0.2) is 0 Å². The van der Waals surface area contributed by atoms with E-state index in [1.54, 1.807) is 13.8 Å². The van der Waals surface area contributed by atoms with Gasteiger partial charge in [0.25, 0.3) is 0 Å². The standard InChI is InChI=1S/C11H24N2O2/c1-7(2)5-10(6-14)13-11(15)8(3)9(4)12/h7-10,14H,5-6,12H2,1-4H3,(H,13,15). The summed E-state index contributed by atoms with van der Waals surface area (Å²) in [5.74, 6) is 0.156. The molecule has 0 aromatic rings. The number of hydrogen-bond acceptors (Lipinski definition) is 3. The van der Waals surface area contributed by atoms with Crippen LogP contribution in [0.3, 0.4) is 0 Å². The average molecular weight is 216 g/mol. The average Bonchev–Trinajstić information content (AvgIpc) is 2.14. The summed E-state index contributed by atoms with van der Waals surface area (Å²) in [6.07, 6.45) is 0.786. The van der Waals surface area contributed by atoms with Crippen molar-refractivity contribution in [1.29, 1.82) is 0 Å². The van der Waals surface area contributed by atoms with Crippen molar-refractivity contribution in [3.63, 3.8) is 0 Å². The number of carbonyl (C=O) groups is 1. The molecule has 0 rings (SSSR count). The van der Waals surface area contributed by atoms with Crippen LogP contribution >= 0.6 is 0 Å². The number of aliphatic hydroxyl groups excluding tert-OH is 1. The van der Waals surface area contributed by atoms with Crippen molar-refractivity contribution in [3.8, 4) is 0 Å². The first-order valence-corrected chi connectivity index (χ1v) is 5.55. The topological polar surface area (TPSA) is 75.3 Å². The van der Waals surface area contributed by atoms with Crippen LogP contribution in [0, 0.1) is 11.8 Å². The second-order valence-corrected chi connectivity index (χ2v) is 4.67. The molecule has 0 heterocycles. The Balaban J connectivity index is 4.12. The zero-order valence-electron chi connectivity index (χ0n) is 10.2. The predicted octanol–water partition coefficient (Wildman–Crippen LogP) is 0.493. The van der Waals surface area contributed by atoms with Crippen molar-refractivity contribution in [2.24, 2.45) is 17.6 Å². The van der Waals surface area contributed by atoms with Crippen molar-refractivity contribution in [1.82, 2.24) is 5.32 Å². The molecule has 0 saturated carbocycles. The molecule has 0 aromatic heterocycles. The molecule has 3 atom stereocenters. The van der Waals surface area contributed by atoms with E-state index in [9.17, 15) is 4.79 Å². The molecule has 0 fully saturated rings. The van der Waals surface area contributed by atoms with Gasteiger partial charge in [0, 0.05) is 12.0 Å². The van der Waals surface area contributed by atoms with Gasteiger partial charge in [0.15, 0.2) is 0 Å². The molecule has 0 bridgehead atoms. The third-order valence-corrected chi connectivity index (χ3v) is 2.52. The molecule has 0 aliphatic carbocycles. The van der Waals surface area contributed by atoms with E-state index in [4.69, 9.17) is 10.8 Å². The Labute approximate surface area is 92.2 Å². The highest BCUT2D eigenvalue weighted by atomic mass is 16.3. The van der Waals surface area contributed by atoms with Gasteiger partial charge in [-0.1, -0.05) is 20.8 Å². The summed E-state index contributed by atoms with van der Waals surface area (Å²) in [5, 5.41) is 11.9. The van der Waals surface area contributed by atoms with Crippen LogP contribution in [-0.2, 0) is 4.79 Å². The Kier molecular flexibility index (Phi) is 6.52. The van der Waals surface area contributed by atoms with Crippen LogP contribution < -0.4 is 11.1 Å². The summed E-state index contributed by atoms with van der Waals surface area (Å²) in [6, 6.07) is -0.318. The maximum Gasteiger partial charge on any atom is 0.224 e. The molecule has 0 aliphatic heterocycles. The van der Waals surface area contributed by atoms with Crippen LogP contribution in [0.1, 0.15) is 34.1 Å². The SMILES string of the molecule is CC(C)CC(CO)NC(=O)C(C)C(C)N. The zero-order valence-corrected chi connectivity index (χ0v) is 10.2. The van der Waals surface area contributed by atoms with Gasteiger partial charge in [-0.05, 0) is 19.3 Å². The first-order chi connectivity index (χ1) is 6.88. The number of hydrogen-bond donors (Lipinski definition) is 3. The predicted molar refractivity (Wildman–Crippen MR) is 61.3 cm³/mol. The highest BCUT2D eigenvalue weighted by molar-refractivity contribution is 5.79. The highest BCUT2D eigenvalue weighted by Crippen LogP contribution is 2.06. The number of nitrogens with two attached hydrogens (primary N) is 1. The van der Waals surface area contributed by atoms with Gasteiger partial charge in [0.05, 0.1) is 12.6 Å². The molecule has 0 spiro atoms. The summed E-state index contributed by atoms with van der Waals surface area (Å²) >= 11 is 0. The second-order valence-electron chi connectivity index (χ2n) is 4.67. The van der Waals surface area contributed by atoms with Gasteiger partial charge in [0.1, 0.15) is 0 Å². The molecule has 4 nitrogen and oxygen atoms in total. The first-order valence-electron chi connectivity index (χ1n) is 5.55. The first kappa shape index (κ1) is 14.4. The summed E-state index contributed by atoms with van der Waals surface area (Å²) in [5.41, 5.74) is 5.63. The Morgan fingerprint density at radius 3 is 2.20 bits per heavy atom. The van der Waals surface area contributed by atoms with Crippen molar-refractivity contribution in [2.75, 3.05) is 6.61 Å². The van der Waals surface area contributed by atoms with Gasteiger partial charge in [-0.15, -0.1) is 0 Å². The van der Waals surface area contributed by atoms with Gasteiger partial charge in [0.2, 0.25) is 5.91 Å². The molecule has 90 valence electrons. The smallest absolute Gasteiger partial charge is 0.224 e. The summed E-state index contributed by atoms with van der Waals surface area (Å²) < 4.78 is 0. The van der Waals surface area contributed by atoms with Crippen LogP contribution in [-0.4, -0.2) is 29.7 Å². The lowest BCUT2D eigenvalue weighted by molar-refractivity contribution is -0.126. The number of nitrogens with one attached hydrogen (secondary N) is 1. The molecule has 3 unspecified atom stereocenters. The Hall–Kier alpha value is -0.610. The van der Waals surface area contributed by atoms with E-state index in [1.165, 1.54) is 0 Å². The van der Waals surface area contributed by atoms with Crippen molar-refractivity contribution < 1.29 is 9.90 Å². The van der Waals surface area contributed by atoms with Crippen molar-refractivity contribution in [3.05, 3.63) is 0 Å². The molecule has 15 heavy (non-hydrogen) atoms. The molecule has 1 amide bonds. The minimum absolute atomic E-state index is 0.0183. The van der Waals surface area contributed by atoms with Gasteiger partial charge >= 0.3 is 0 Å². The van der Waals surface area contributed by atoms with E-state index in [1.807, 2.05) is 0 Å². The number of carbonyl (C=O) groups excluding carboxylic acids is 1. The Bertz CT molecular complexity index is 193. The van der Waals surface area contributed by atoms with Gasteiger partial charge in [-0.3, -0.25) is 4.79 Å². The highest BCUT2D eigenvalue weighted by Gasteiger charge is 2.20. The minimum Gasteiger partial charge on any atom is -0.394 e. The van der Waals surface area contributed by atoms with E-state index < -0.39 is 0 Å². The quantitative estimate of drug-likeness (QED) is 0.605. The maximum absolute atomic E-state index is 11.6. The molecular weight excluding hydrogens is 192 g/mol. The lowest BCUT2D eigenvalue weighted by Gasteiger charge is -2.22. The summed E-state index contributed by atoms with van der Waals surface area (Å²) in [7, 11) is 0. The lowest BCUT2D eigenvalue weighted by Crippen LogP contribution is -2.45. The third-order valence-electron chi connectivity index (χ3n) is 2.52. The fraction of sp³-hybridized carbons (Fsp3) is 0.909. The molecular formula is C11H24N2O2. The Morgan fingerprint density at radius 1 is 1.33 bits per heavy atom. The normalized spacial score (nSPS) is 17.3. The van der Waals surface area contributed by atoms with Gasteiger partial charge in [-0.2, -0.15) is 0 Å². The molecule has 0 saturated heterocycles. The van der Waals surface area contributed by atoms with Crippen LogP contribution in [0.15, 0.2) is 0 Å². The second kappa shape index (κ2) is 6.80. The van der Waals surface area contributed by atoms with Crippen LogP contribution in [0.2, 0.25) is 0 Å². The van der Waals surface area contributed by atoms with Crippen molar-refractivity contribution >= 4 is 5.91 Å². The molecule has 0 aromatic carbocycles. The van der Waals surface area contributed by atoms with Crippen molar-refractivity contribution in [2.45, 2.75) is 46.2 Å². The monoisotopic (exact) mass is 216 g/mol. The zero-order chi connectivity index (χ0) is 12.0. The number of amides is 1. The van der Waals surface area contributed by atoms with Crippen LogP contribution in [0.25, 0.3) is 0 Å². The molecule has 0 radical (unpaired) electrons. The third kappa shape index (κ3) is 5.74. The number of rotatable bonds is 6. The fourth-order valence-corrected chi connectivity index (χ4v) is 1.32. The lowest BCUT2D eigenvalue weighted by atomic mass is 10.0. The van der Waals surface area contributed by atoms with Crippen LogP contribution in [0.4, 0.5) is 0 Å².